The quantitative estimate of drug-likeness (QED) is 0.778. The SMILES string of the molecule is CCC(N)c1nnc(SCc2cccc(C)c2)n1CC1CCCO1. The first-order chi connectivity index (χ1) is 11.7. The van der Waals surface area contributed by atoms with Crippen LogP contribution < -0.4 is 5.73 Å². The minimum absolute atomic E-state index is 0.0766. The van der Waals surface area contributed by atoms with Crippen LogP contribution in [0.4, 0.5) is 0 Å². The lowest BCUT2D eigenvalue weighted by molar-refractivity contribution is 0.0938. The molecule has 1 saturated heterocycles. The number of rotatable bonds is 7. The summed E-state index contributed by atoms with van der Waals surface area (Å²) in [5.74, 6) is 1.76. The Morgan fingerprint density at radius 3 is 3.00 bits per heavy atom. The summed E-state index contributed by atoms with van der Waals surface area (Å²) >= 11 is 1.72. The van der Waals surface area contributed by atoms with Crippen LogP contribution in [0.25, 0.3) is 0 Å². The van der Waals surface area contributed by atoms with E-state index >= 15 is 0 Å². The summed E-state index contributed by atoms with van der Waals surface area (Å²) in [6.07, 6.45) is 3.34. The fourth-order valence-corrected chi connectivity index (χ4v) is 3.87. The molecule has 24 heavy (non-hydrogen) atoms. The molecule has 2 atom stereocenters. The molecule has 130 valence electrons. The van der Waals surface area contributed by atoms with E-state index in [0.717, 1.165) is 49.1 Å². The maximum Gasteiger partial charge on any atom is 0.191 e. The molecule has 2 heterocycles. The Kier molecular flexibility index (Phi) is 5.92. The topological polar surface area (TPSA) is 66.0 Å². The van der Waals surface area contributed by atoms with E-state index in [-0.39, 0.29) is 12.1 Å². The Hall–Kier alpha value is -1.37. The molecular formula is C18H26N4OS. The third-order valence-corrected chi connectivity index (χ3v) is 5.42. The molecule has 1 aliphatic heterocycles. The van der Waals surface area contributed by atoms with Crippen molar-refractivity contribution < 1.29 is 4.74 Å². The van der Waals surface area contributed by atoms with Crippen LogP contribution in [0, 0.1) is 6.92 Å². The second kappa shape index (κ2) is 8.14. The predicted octanol–water partition coefficient (Wildman–Crippen LogP) is 3.47. The van der Waals surface area contributed by atoms with Crippen LogP contribution in [0.3, 0.4) is 0 Å². The molecule has 5 nitrogen and oxygen atoms in total. The highest BCUT2D eigenvalue weighted by molar-refractivity contribution is 7.98. The highest BCUT2D eigenvalue weighted by Crippen LogP contribution is 2.26. The molecule has 1 fully saturated rings. The van der Waals surface area contributed by atoms with Crippen LogP contribution in [-0.4, -0.2) is 27.5 Å². The zero-order valence-corrected chi connectivity index (χ0v) is 15.3. The molecule has 2 unspecified atom stereocenters. The minimum Gasteiger partial charge on any atom is -0.376 e. The van der Waals surface area contributed by atoms with Gasteiger partial charge in [-0.1, -0.05) is 48.5 Å². The smallest absolute Gasteiger partial charge is 0.191 e. The number of nitrogens with zero attached hydrogens (tertiary/aromatic N) is 3. The highest BCUT2D eigenvalue weighted by Gasteiger charge is 2.23. The molecule has 0 spiro atoms. The van der Waals surface area contributed by atoms with Gasteiger partial charge in [0, 0.05) is 12.4 Å². The number of hydrogen-bond donors (Lipinski definition) is 1. The van der Waals surface area contributed by atoms with E-state index in [0.29, 0.717) is 0 Å². The van der Waals surface area contributed by atoms with Crippen LogP contribution in [0.5, 0.6) is 0 Å². The summed E-state index contributed by atoms with van der Waals surface area (Å²) in [5.41, 5.74) is 8.82. The van der Waals surface area contributed by atoms with Crippen molar-refractivity contribution in [1.82, 2.24) is 14.8 Å². The number of thioether (sulfide) groups is 1. The molecule has 0 saturated carbocycles. The van der Waals surface area contributed by atoms with Gasteiger partial charge in [0.2, 0.25) is 0 Å². The van der Waals surface area contributed by atoms with Gasteiger partial charge in [-0.05, 0) is 31.7 Å². The Bertz CT molecular complexity index is 667. The van der Waals surface area contributed by atoms with Crippen molar-refractivity contribution in [1.29, 1.82) is 0 Å². The van der Waals surface area contributed by atoms with Crippen LogP contribution in [0.15, 0.2) is 29.4 Å². The Labute approximate surface area is 148 Å². The first kappa shape index (κ1) is 17.5. The summed E-state index contributed by atoms with van der Waals surface area (Å²) < 4.78 is 7.97. The molecule has 0 aliphatic carbocycles. The number of hydrogen-bond acceptors (Lipinski definition) is 5. The summed E-state index contributed by atoms with van der Waals surface area (Å²) in [5, 5.41) is 9.71. The second-order valence-electron chi connectivity index (χ2n) is 6.38. The van der Waals surface area contributed by atoms with Crippen molar-refractivity contribution in [3.8, 4) is 0 Å². The van der Waals surface area contributed by atoms with Gasteiger partial charge in [0.25, 0.3) is 0 Å². The molecule has 3 rings (SSSR count). The number of ether oxygens (including phenoxy) is 1. The lowest BCUT2D eigenvalue weighted by atomic mass is 10.2. The molecule has 2 aromatic rings. The van der Waals surface area contributed by atoms with Gasteiger partial charge in [0.05, 0.1) is 18.7 Å². The van der Waals surface area contributed by atoms with E-state index in [9.17, 15) is 0 Å². The molecular weight excluding hydrogens is 320 g/mol. The number of benzene rings is 1. The first-order valence-electron chi connectivity index (χ1n) is 8.66. The molecule has 6 heteroatoms. The largest absolute Gasteiger partial charge is 0.376 e. The van der Waals surface area contributed by atoms with Crippen molar-refractivity contribution in [2.45, 2.75) is 62.7 Å². The van der Waals surface area contributed by atoms with Crippen molar-refractivity contribution in [2.24, 2.45) is 5.73 Å². The zero-order valence-electron chi connectivity index (χ0n) is 14.4. The van der Waals surface area contributed by atoms with Crippen molar-refractivity contribution in [3.63, 3.8) is 0 Å². The maximum absolute atomic E-state index is 6.24. The fourth-order valence-electron chi connectivity index (χ4n) is 2.98. The molecule has 0 bridgehead atoms. The van der Waals surface area contributed by atoms with Gasteiger partial charge in [0.1, 0.15) is 0 Å². The summed E-state index contributed by atoms with van der Waals surface area (Å²) in [7, 11) is 0. The number of aryl methyl sites for hydroxylation is 1. The molecule has 2 N–H and O–H groups in total. The van der Waals surface area contributed by atoms with Gasteiger partial charge in [-0.15, -0.1) is 10.2 Å². The van der Waals surface area contributed by atoms with E-state index in [4.69, 9.17) is 10.5 Å². The maximum atomic E-state index is 6.24. The van der Waals surface area contributed by atoms with Gasteiger partial charge < -0.3 is 15.0 Å². The van der Waals surface area contributed by atoms with Gasteiger partial charge in [-0.3, -0.25) is 0 Å². The Morgan fingerprint density at radius 2 is 2.29 bits per heavy atom. The standard InChI is InChI=1S/C18H26N4OS/c1-3-16(19)17-20-21-18(22(17)11-15-8-5-9-23-15)24-12-14-7-4-6-13(2)10-14/h4,6-7,10,15-16H,3,5,8-9,11-12,19H2,1-2H3. The van der Waals surface area contributed by atoms with Crippen molar-refractivity contribution in [2.75, 3.05) is 6.61 Å². The third-order valence-electron chi connectivity index (χ3n) is 4.38. The molecule has 1 aliphatic rings. The first-order valence-corrected chi connectivity index (χ1v) is 9.64. The molecule has 0 radical (unpaired) electrons. The number of nitrogens with two attached hydrogens (primary N) is 1. The zero-order chi connectivity index (χ0) is 16.9. The van der Waals surface area contributed by atoms with Gasteiger partial charge in [-0.2, -0.15) is 0 Å². The van der Waals surface area contributed by atoms with Gasteiger partial charge >= 0.3 is 0 Å². The van der Waals surface area contributed by atoms with Crippen LogP contribution in [-0.2, 0) is 17.0 Å². The fraction of sp³-hybridized carbons (Fsp3) is 0.556. The summed E-state index contributed by atoms with van der Waals surface area (Å²) in [6, 6.07) is 8.51. The van der Waals surface area contributed by atoms with E-state index in [1.807, 2.05) is 0 Å². The average molecular weight is 347 g/mol. The minimum atomic E-state index is -0.0766. The monoisotopic (exact) mass is 346 g/mol. The Morgan fingerprint density at radius 1 is 1.42 bits per heavy atom. The normalized spacial score (nSPS) is 18.9. The Balaban J connectivity index is 1.76. The molecule has 1 aromatic heterocycles. The summed E-state index contributed by atoms with van der Waals surface area (Å²) in [6.45, 7) is 5.85. The van der Waals surface area contributed by atoms with Crippen LogP contribution in [0.1, 0.15) is 49.2 Å². The third kappa shape index (κ3) is 4.18. The lowest BCUT2D eigenvalue weighted by Crippen LogP contribution is -2.22. The average Bonchev–Trinajstić information content (AvgIpc) is 3.23. The summed E-state index contributed by atoms with van der Waals surface area (Å²) in [4.78, 5) is 0. The van der Waals surface area contributed by atoms with E-state index in [1.54, 1.807) is 11.8 Å². The van der Waals surface area contributed by atoms with Crippen LogP contribution >= 0.6 is 11.8 Å². The van der Waals surface area contributed by atoms with Crippen LogP contribution in [0.2, 0.25) is 0 Å². The second-order valence-corrected chi connectivity index (χ2v) is 7.32. The van der Waals surface area contributed by atoms with Gasteiger partial charge in [-0.25, -0.2) is 0 Å². The number of aromatic nitrogens is 3. The highest BCUT2D eigenvalue weighted by atomic mass is 32.2. The molecule has 1 aromatic carbocycles. The van der Waals surface area contributed by atoms with E-state index < -0.39 is 0 Å². The van der Waals surface area contributed by atoms with Crippen molar-refractivity contribution in [3.05, 3.63) is 41.2 Å². The lowest BCUT2D eigenvalue weighted by Gasteiger charge is -2.17. The van der Waals surface area contributed by atoms with E-state index in [2.05, 4.69) is 52.9 Å². The molecule has 0 amide bonds. The van der Waals surface area contributed by atoms with Crippen molar-refractivity contribution >= 4 is 11.8 Å². The van der Waals surface area contributed by atoms with Gasteiger partial charge in [0.15, 0.2) is 11.0 Å². The van der Waals surface area contributed by atoms with E-state index in [1.165, 1.54) is 11.1 Å². The predicted molar refractivity (Wildman–Crippen MR) is 97.0 cm³/mol.